The van der Waals surface area contributed by atoms with E-state index < -0.39 is 11.7 Å². The molecule has 5 heteroatoms. The van der Waals surface area contributed by atoms with Gasteiger partial charge in [-0.15, -0.1) is 0 Å². The van der Waals surface area contributed by atoms with Crippen molar-refractivity contribution in [2.24, 2.45) is 0 Å². The van der Waals surface area contributed by atoms with Gasteiger partial charge in [0, 0.05) is 12.2 Å². The van der Waals surface area contributed by atoms with E-state index in [4.69, 9.17) is 9.47 Å². The number of hydrogen-bond acceptors (Lipinski definition) is 4. The van der Waals surface area contributed by atoms with E-state index in [-0.39, 0.29) is 17.2 Å². The maximum Gasteiger partial charge on any atom is 0.407 e. The summed E-state index contributed by atoms with van der Waals surface area (Å²) in [5.41, 5.74) is 1.13. The zero-order valence-corrected chi connectivity index (χ0v) is 16.5. The van der Waals surface area contributed by atoms with Gasteiger partial charge in [0.15, 0.2) is 0 Å². The fourth-order valence-electron chi connectivity index (χ4n) is 3.27. The van der Waals surface area contributed by atoms with Crippen LogP contribution >= 0.6 is 0 Å². The van der Waals surface area contributed by atoms with Gasteiger partial charge in [-0.2, -0.15) is 0 Å². The lowest BCUT2D eigenvalue weighted by Crippen LogP contribution is -2.38. The minimum Gasteiger partial charge on any atom is -0.444 e. The minimum absolute atomic E-state index is 0.148. The molecule has 2 N–H and O–H groups in total. The van der Waals surface area contributed by atoms with E-state index in [2.05, 4.69) is 38.3 Å². The molecule has 1 aliphatic heterocycles. The Balaban J connectivity index is 2.05. The average molecular weight is 348 g/mol. The van der Waals surface area contributed by atoms with Gasteiger partial charge in [0.2, 0.25) is 0 Å². The Morgan fingerprint density at radius 3 is 2.44 bits per heavy atom. The molecule has 0 saturated carbocycles. The van der Waals surface area contributed by atoms with Crippen LogP contribution in [-0.4, -0.2) is 28.9 Å². The zero-order chi connectivity index (χ0) is 18.9. The van der Waals surface area contributed by atoms with Gasteiger partial charge in [-0.1, -0.05) is 18.2 Å². The lowest BCUT2D eigenvalue weighted by Gasteiger charge is -2.29. The van der Waals surface area contributed by atoms with Crippen LogP contribution in [0.5, 0.6) is 0 Å². The Bertz CT molecular complexity index is 618. The quantitative estimate of drug-likeness (QED) is 0.843. The molecule has 1 amide bonds. The molecule has 1 saturated heterocycles. The number of para-hydroxylation sites is 1. The molecule has 1 fully saturated rings. The fourth-order valence-corrected chi connectivity index (χ4v) is 3.27. The summed E-state index contributed by atoms with van der Waals surface area (Å²) in [7, 11) is 0. The Hall–Kier alpha value is -1.75. The first-order valence-electron chi connectivity index (χ1n) is 8.89. The molecule has 0 aliphatic carbocycles. The van der Waals surface area contributed by atoms with E-state index in [1.54, 1.807) is 0 Å². The first-order chi connectivity index (χ1) is 11.4. The normalized spacial score (nSPS) is 21.6. The summed E-state index contributed by atoms with van der Waals surface area (Å²) in [6, 6.07) is 8.21. The van der Waals surface area contributed by atoms with Crippen LogP contribution in [-0.2, 0) is 16.0 Å². The maximum atomic E-state index is 11.9. The molecule has 1 aromatic carbocycles. The smallest absolute Gasteiger partial charge is 0.407 e. The number of ether oxygens (including phenoxy) is 2. The third kappa shape index (κ3) is 5.63. The van der Waals surface area contributed by atoms with Crippen molar-refractivity contribution in [3.8, 4) is 0 Å². The molecular weight excluding hydrogens is 316 g/mol. The first kappa shape index (κ1) is 19.6. The molecule has 2 rings (SSSR count). The SMILES string of the molecule is CC(C)(C)OC(=O)NCc1ccccc1NC1CC(C)(C)OC1(C)C. The summed E-state index contributed by atoms with van der Waals surface area (Å²) in [5, 5.41) is 6.44. The topological polar surface area (TPSA) is 59.6 Å². The van der Waals surface area contributed by atoms with Gasteiger partial charge >= 0.3 is 6.09 Å². The van der Waals surface area contributed by atoms with Crippen LogP contribution in [0.4, 0.5) is 10.5 Å². The summed E-state index contributed by atoms with van der Waals surface area (Å²) in [4.78, 5) is 11.9. The highest BCUT2D eigenvalue weighted by Gasteiger charge is 2.45. The van der Waals surface area contributed by atoms with E-state index in [0.717, 1.165) is 17.7 Å². The van der Waals surface area contributed by atoms with Crippen LogP contribution in [0, 0.1) is 0 Å². The molecule has 1 aromatic rings. The van der Waals surface area contributed by atoms with E-state index in [0.29, 0.717) is 6.54 Å². The van der Waals surface area contributed by atoms with Crippen molar-refractivity contribution < 1.29 is 14.3 Å². The molecule has 1 unspecified atom stereocenters. The number of anilines is 1. The summed E-state index contributed by atoms with van der Waals surface area (Å²) < 4.78 is 11.5. The number of carbonyl (C=O) groups excluding carboxylic acids is 1. The molecule has 0 bridgehead atoms. The summed E-state index contributed by atoms with van der Waals surface area (Å²) in [6.07, 6.45) is 0.515. The molecule has 5 nitrogen and oxygen atoms in total. The molecule has 25 heavy (non-hydrogen) atoms. The van der Waals surface area contributed by atoms with Crippen molar-refractivity contribution in [2.45, 2.75) is 84.3 Å². The monoisotopic (exact) mass is 348 g/mol. The van der Waals surface area contributed by atoms with Crippen LogP contribution < -0.4 is 10.6 Å². The van der Waals surface area contributed by atoms with Crippen LogP contribution in [0.3, 0.4) is 0 Å². The predicted octanol–water partition coefficient (Wildman–Crippen LogP) is 4.47. The lowest BCUT2D eigenvalue weighted by molar-refractivity contribution is -0.0662. The van der Waals surface area contributed by atoms with E-state index in [9.17, 15) is 4.79 Å². The van der Waals surface area contributed by atoms with Gasteiger partial charge in [0.05, 0.1) is 17.2 Å². The van der Waals surface area contributed by atoms with Crippen LogP contribution in [0.2, 0.25) is 0 Å². The second kappa shape index (κ2) is 6.87. The number of benzene rings is 1. The van der Waals surface area contributed by atoms with Gasteiger partial charge in [-0.25, -0.2) is 4.79 Å². The average Bonchev–Trinajstić information content (AvgIpc) is 2.63. The van der Waals surface area contributed by atoms with Gasteiger partial charge in [-0.05, 0) is 66.5 Å². The Labute approximate surface area is 151 Å². The Morgan fingerprint density at radius 2 is 1.88 bits per heavy atom. The van der Waals surface area contributed by atoms with Crippen LogP contribution in [0.1, 0.15) is 60.5 Å². The fraction of sp³-hybridized carbons (Fsp3) is 0.650. The Morgan fingerprint density at radius 1 is 1.24 bits per heavy atom. The molecule has 0 spiro atoms. The highest BCUT2D eigenvalue weighted by molar-refractivity contribution is 5.68. The van der Waals surface area contributed by atoms with Crippen molar-refractivity contribution in [1.29, 1.82) is 0 Å². The third-order valence-corrected chi connectivity index (χ3v) is 4.24. The van der Waals surface area contributed by atoms with E-state index in [1.807, 2.05) is 45.0 Å². The van der Waals surface area contributed by atoms with Crippen LogP contribution in [0.15, 0.2) is 24.3 Å². The van der Waals surface area contributed by atoms with Crippen LogP contribution in [0.25, 0.3) is 0 Å². The number of hydrogen-bond donors (Lipinski definition) is 2. The van der Waals surface area contributed by atoms with Crippen molar-refractivity contribution in [2.75, 3.05) is 5.32 Å². The largest absolute Gasteiger partial charge is 0.444 e. The highest BCUT2D eigenvalue weighted by Crippen LogP contribution is 2.39. The van der Waals surface area contributed by atoms with Crippen molar-refractivity contribution in [3.05, 3.63) is 29.8 Å². The minimum atomic E-state index is -0.501. The third-order valence-electron chi connectivity index (χ3n) is 4.24. The first-order valence-corrected chi connectivity index (χ1v) is 8.89. The molecule has 1 aliphatic rings. The maximum absolute atomic E-state index is 11.9. The summed E-state index contributed by atoms with van der Waals surface area (Å²) in [5.74, 6) is 0. The predicted molar refractivity (Wildman–Crippen MR) is 101 cm³/mol. The lowest BCUT2D eigenvalue weighted by atomic mass is 9.94. The second-order valence-electron chi connectivity index (χ2n) is 8.88. The molecule has 0 radical (unpaired) electrons. The molecule has 1 heterocycles. The number of alkyl carbamates (subject to hydrolysis) is 1. The molecule has 0 aromatic heterocycles. The summed E-state index contributed by atoms with van der Waals surface area (Å²) in [6.45, 7) is 14.4. The van der Waals surface area contributed by atoms with Crippen molar-refractivity contribution in [1.82, 2.24) is 5.32 Å². The van der Waals surface area contributed by atoms with Gasteiger partial charge in [0.25, 0.3) is 0 Å². The number of carbonyl (C=O) groups is 1. The van der Waals surface area contributed by atoms with E-state index >= 15 is 0 Å². The van der Waals surface area contributed by atoms with Gasteiger partial charge < -0.3 is 20.1 Å². The van der Waals surface area contributed by atoms with Gasteiger partial charge in [0.1, 0.15) is 5.60 Å². The Kier molecular flexibility index (Phi) is 5.38. The second-order valence-corrected chi connectivity index (χ2v) is 8.88. The van der Waals surface area contributed by atoms with E-state index in [1.165, 1.54) is 0 Å². The van der Waals surface area contributed by atoms with Crippen molar-refractivity contribution in [3.63, 3.8) is 0 Å². The molecular formula is C20H32N2O3. The summed E-state index contributed by atoms with van der Waals surface area (Å²) >= 11 is 0. The highest BCUT2D eigenvalue weighted by atomic mass is 16.6. The standard InChI is InChI=1S/C20H32N2O3/c1-18(2,3)24-17(23)21-13-14-10-8-9-11-15(14)22-16-12-19(4,5)25-20(16,6)7/h8-11,16,22H,12-13H2,1-7H3,(H,21,23). The number of amides is 1. The molecule has 1 atom stereocenters. The van der Waals surface area contributed by atoms with Gasteiger partial charge in [-0.3, -0.25) is 0 Å². The number of nitrogens with one attached hydrogen (secondary N) is 2. The molecule has 140 valence electrons. The van der Waals surface area contributed by atoms with Crippen molar-refractivity contribution >= 4 is 11.8 Å². The number of rotatable bonds is 4. The zero-order valence-electron chi connectivity index (χ0n) is 16.5.